The minimum atomic E-state index is -3.65. The van der Waals surface area contributed by atoms with Gasteiger partial charge in [0.15, 0.2) is 0 Å². The first-order valence-corrected chi connectivity index (χ1v) is 45.1. The summed E-state index contributed by atoms with van der Waals surface area (Å²) in [6.07, 6.45) is 7.53. The molecule has 9 heterocycles. The molecule has 38 heteroatoms. The number of rotatable bonds is 19. The molecule has 9 atom stereocenters. The minimum absolute atomic E-state index is 0.0376. The zero-order valence-electron chi connectivity index (χ0n) is 57.5. The molecule has 0 aliphatic carbocycles. The number of piperazine rings is 3. The maximum atomic E-state index is 13.5. The highest BCUT2D eigenvalue weighted by atomic mass is 79.9. The van der Waals surface area contributed by atoms with Crippen molar-refractivity contribution in [3.05, 3.63) is 101 Å². The van der Waals surface area contributed by atoms with Crippen LogP contribution >= 0.6 is 128 Å². The molecule has 2 N–H and O–H groups in total. The predicted octanol–water partition coefficient (Wildman–Crippen LogP) is 7.68. The monoisotopic (exact) mass is 1830 g/mol. The molecule has 9 fully saturated rings. The van der Waals surface area contributed by atoms with Gasteiger partial charge in [0.25, 0.3) is 0 Å². The second-order valence-corrected chi connectivity index (χ2v) is 42.2. The van der Waals surface area contributed by atoms with Crippen molar-refractivity contribution >= 4 is 178 Å². The van der Waals surface area contributed by atoms with Crippen molar-refractivity contribution < 1.29 is 68.4 Å². The van der Waals surface area contributed by atoms with Crippen molar-refractivity contribution in [2.24, 2.45) is 0 Å². The number of aliphatic hydroxyl groups is 1. The number of likely N-dealkylation sites (tertiary alicyclic amines) is 3. The van der Waals surface area contributed by atoms with Crippen molar-refractivity contribution in [2.75, 3.05) is 169 Å². The number of ether oxygens (including phenoxy) is 5. The zero-order valence-corrected chi connectivity index (χ0v) is 70.0. The third-order valence-corrected chi connectivity index (χ3v) is 26.8. The molecular weight excluding hydrogens is 1740 g/mol. The normalized spacial score (nSPS) is 25.8. The number of halogens is 10. The minimum Gasteiger partial charge on any atom is -0.395 e. The lowest BCUT2D eigenvalue weighted by Gasteiger charge is -2.53. The second-order valence-electron chi connectivity index (χ2n) is 26.3. The lowest BCUT2D eigenvalue weighted by atomic mass is 9.92. The van der Waals surface area contributed by atoms with Gasteiger partial charge >= 0.3 is 3.18 Å². The number of aliphatic hydroxyl groups excluding tert-OH is 1. The third kappa shape index (κ3) is 25.0. The lowest BCUT2D eigenvalue weighted by molar-refractivity contribution is -0.147. The molecule has 3 aromatic carbocycles. The molecule has 0 bridgehead atoms. The van der Waals surface area contributed by atoms with E-state index in [4.69, 9.17) is 99.2 Å². The van der Waals surface area contributed by atoms with E-state index in [0.29, 0.717) is 76.1 Å². The van der Waals surface area contributed by atoms with Crippen LogP contribution in [0.3, 0.4) is 0 Å². The molecular formula is C65H92BBr3Cl7N9O15S3. The summed E-state index contributed by atoms with van der Waals surface area (Å²) in [5.41, 5.74) is 2.45. The number of fused-ring (bicyclic) bond motifs is 3. The van der Waals surface area contributed by atoms with Crippen molar-refractivity contribution in [1.82, 2.24) is 43.3 Å². The average molecular weight is 1830 g/mol. The van der Waals surface area contributed by atoms with E-state index in [1.54, 1.807) is 52.8 Å². The Bertz CT molecular complexity index is 3630. The number of methoxy groups -OCH3 is 2. The Morgan fingerprint density at radius 3 is 1.15 bits per heavy atom. The summed E-state index contributed by atoms with van der Waals surface area (Å²) in [7, 11) is -2.82. The first kappa shape index (κ1) is 87.6. The van der Waals surface area contributed by atoms with Gasteiger partial charge in [0.2, 0.25) is 46.8 Å². The van der Waals surface area contributed by atoms with Crippen LogP contribution in [0.4, 0.5) is 0 Å². The summed E-state index contributed by atoms with van der Waals surface area (Å²) in [5.74, 6) is -0.483. The number of nitrogens with one attached hydrogen (secondary N) is 1. The Morgan fingerprint density at radius 1 is 0.476 bits per heavy atom. The molecule has 0 saturated carbocycles. The summed E-state index contributed by atoms with van der Waals surface area (Å²) >= 11 is 45.7. The molecule has 9 aliphatic rings. The summed E-state index contributed by atoms with van der Waals surface area (Å²) in [6, 6.07) is 14.9. The van der Waals surface area contributed by atoms with Crippen molar-refractivity contribution in [3.63, 3.8) is 0 Å². The van der Waals surface area contributed by atoms with Crippen LogP contribution < -0.4 is 5.32 Å². The van der Waals surface area contributed by atoms with Gasteiger partial charge in [0.05, 0.1) is 180 Å². The van der Waals surface area contributed by atoms with Crippen molar-refractivity contribution in [2.45, 2.75) is 112 Å². The van der Waals surface area contributed by atoms with Gasteiger partial charge in [0.1, 0.15) is 0 Å². The predicted molar refractivity (Wildman–Crippen MR) is 417 cm³/mol. The first-order valence-electron chi connectivity index (χ1n) is 34.4. The second kappa shape index (κ2) is 42.0. The summed E-state index contributed by atoms with van der Waals surface area (Å²) in [5, 5.41) is 15.5. The van der Waals surface area contributed by atoms with Gasteiger partial charge in [-0.2, -0.15) is 8.61 Å². The highest BCUT2D eigenvalue weighted by Gasteiger charge is 2.53. The van der Waals surface area contributed by atoms with Crippen LogP contribution in [-0.4, -0.2) is 313 Å². The molecule has 0 aromatic heterocycles. The van der Waals surface area contributed by atoms with Crippen LogP contribution in [0.15, 0.2) is 54.6 Å². The van der Waals surface area contributed by atoms with Gasteiger partial charge < -0.3 is 48.8 Å². The molecule has 3 amide bonds. The largest absolute Gasteiger partial charge is 0.395 e. The topological polar surface area (TPSA) is 258 Å². The number of carbonyl (C=O) groups is 3. The first-order chi connectivity index (χ1) is 49.1. The molecule has 12 rings (SSSR count). The maximum Gasteiger partial charge on any atom is 0.369 e. The molecule has 0 unspecified atom stereocenters. The van der Waals surface area contributed by atoms with Gasteiger partial charge in [-0.15, -0.1) is 47.3 Å². The quantitative estimate of drug-likeness (QED) is 0.0861. The van der Waals surface area contributed by atoms with E-state index in [1.165, 1.54) is 31.4 Å². The Morgan fingerprint density at radius 2 is 0.806 bits per heavy atom. The number of nitrogens with zero attached hydrogens (tertiary/aromatic N) is 8. The summed E-state index contributed by atoms with van der Waals surface area (Å²) in [6.45, 7) is 11.2. The fourth-order valence-corrected chi connectivity index (χ4v) is 19.6. The molecule has 24 nitrogen and oxygen atoms in total. The molecule has 0 radical (unpaired) electrons. The Kier molecular flexibility index (Phi) is 35.7. The number of hydrogen-bond acceptors (Lipinski definition) is 19. The van der Waals surface area contributed by atoms with Crippen LogP contribution in [0.2, 0.25) is 30.1 Å². The number of amides is 3. The fraction of sp³-hybridized carbons (Fsp3) is 0.677. The van der Waals surface area contributed by atoms with Gasteiger partial charge in [-0.25, -0.2) is 25.3 Å². The molecule has 0 spiro atoms. The number of benzene rings is 3. The number of sulfonamides is 2. The highest BCUT2D eigenvalue weighted by molar-refractivity contribution is 9.69. The molecule has 103 heavy (non-hydrogen) atoms. The molecule has 9 saturated heterocycles. The summed E-state index contributed by atoms with van der Waals surface area (Å²) < 4.78 is 102. The SMILES string of the molecule is BrB(Br)Br.COCCS(=O)(=O)Cl.COCCS(=O)(=O)N1CCN(C(=O)Cc2ccc(Cl)c(Cl)c2)[C@H]2[C@H]1COC[C@@H]2N1CCCC1.O=C(Cc1ccc(Cl)c(Cl)c1)N1CCN(S(=O)(=O)CCO)[C@@H]2COC[C@H](N3CCCC3)[C@H]21.O=C(Cc1ccc(Cl)c(Cl)c1)N1CCN[C@@H]2COC[C@H](N3CCCC3)[C@H]21. The third-order valence-electron chi connectivity index (χ3n) is 19.8. The summed E-state index contributed by atoms with van der Waals surface area (Å²) in [4.78, 5) is 53.1. The number of carbonyl (C=O) groups excluding carboxylic acids is 3. The zero-order chi connectivity index (χ0) is 74.8. The van der Waals surface area contributed by atoms with E-state index in [2.05, 4.69) is 76.9 Å². The van der Waals surface area contributed by atoms with Crippen LogP contribution in [0.25, 0.3) is 0 Å². The molecule has 3 aromatic rings. The van der Waals surface area contributed by atoms with Gasteiger partial charge in [-0.1, -0.05) is 87.8 Å². The van der Waals surface area contributed by atoms with E-state index >= 15 is 0 Å². The van der Waals surface area contributed by atoms with Gasteiger partial charge in [-0.05, 0) is 131 Å². The average Bonchev–Trinajstić information content (AvgIpc) is 0.937. The van der Waals surface area contributed by atoms with E-state index in [0.717, 1.165) is 94.7 Å². The van der Waals surface area contributed by atoms with Crippen LogP contribution in [0.5, 0.6) is 0 Å². The Hall–Kier alpha value is -1.03. The van der Waals surface area contributed by atoms with Crippen LogP contribution in [0, 0.1) is 0 Å². The van der Waals surface area contributed by atoms with Gasteiger partial charge in [0, 0.05) is 64.2 Å². The number of hydrogen-bond donors (Lipinski definition) is 2. The van der Waals surface area contributed by atoms with Crippen LogP contribution in [0.1, 0.15) is 55.2 Å². The molecule has 9 aliphatic heterocycles. The smallest absolute Gasteiger partial charge is 0.369 e. The Labute approximate surface area is 666 Å². The molecule has 578 valence electrons. The van der Waals surface area contributed by atoms with Crippen molar-refractivity contribution in [1.29, 1.82) is 0 Å². The van der Waals surface area contributed by atoms with E-state index in [-0.39, 0.29) is 133 Å². The van der Waals surface area contributed by atoms with Gasteiger partial charge in [-0.3, -0.25) is 29.1 Å². The fourth-order valence-electron chi connectivity index (χ4n) is 15.1. The van der Waals surface area contributed by atoms with Crippen molar-refractivity contribution in [3.8, 4) is 0 Å². The van der Waals surface area contributed by atoms with E-state index in [1.807, 2.05) is 15.9 Å². The van der Waals surface area contributed by atoms with E-state index < -0.39 is 47.8 Å². The van der Waals surface area contributed by atoms with E-state index in [9.17, 15) is 44.7 Å². The van der Waals surface area contributed by atoms with Crippen LogP contribution in [-0.2, 0) is 86.4 Å². The Balaban J connectivity index is 0.000000182. The highest BCUT2D eigenvalue weighted by Crippen LogP contribution is 2.36. The standard InChI is InChI=1S/C22H31Cl2N3O5S.C21H29Cl2N3O5S.C19H25Cl2N3O2.C3H7ClO3S.BBr3/c1-31-10-11-33(29,30)27-9-8-26(21(28)13-16-4-5-17(23)18(24)12-16)22-19(14-32-15-20(22)27)25-6-2-3-7-25;22-16-4-3-15(11-17(16)23)12-20(28)25-7-8-26(32(29,30)10-9-27)19-14-31-13-18(21(19)25)24-5-1-2-6-24;20-14-4-3-13(9-15(14)21)10-18(25)24-8-5-22-16-11-26-12-17(19(16)24)23-6-1-2-7-23;1-7-2-3-8(4,5)6;2-1(3)4/h4-5,12,19-20,22H,2-3,6-11,13-15H2,1H3;3-4,11,18-19,21,27H,1-2,5-10,12-14H2;3-4,9,16-17,19,22H,1-2,5-8,10-12H2;2-3H2,1H3;/t19-,20+,22+;18-,19+,21+;16-,17+,19+;;/m001../s1. The lowest BCUT2D eigenvalue weighted by Crippen LogP contribution is -2.72. The maximum absolute atomic E-state index is 13.5.